The van der Waals surface area contributed by atoms with Crippen LogP contribution in [0.1, 0.15) is 55.5 Å². The monoisotopic (exact) mass is 961 g/mol. The number of anilines is 5. The lowest BCUT2D eigenvalue weighted by Gasteiger charge is -2.43. The summed E-state index contributed by atoms with van der Waals surface area (Å²) in [5.41, 5.74) is 8.69. The summed E-state index contributed by atoms with van der Waals surface area (Å²) in [6.45, 7) is 14.8. The predicted molar refractivity (Wildman–Crippen MR) is 262 cm³/mol. The number of aromatic nitrogens is 5. The average molecular weight is 963 g/mol. The second-order valence-corrected chi connectivity index (χ2v) is 21.8. The lowest BCUT2D eigenvalue weighted by molar-refractivity contribution is -0.135. The van der Waals surface area contributed by atoms with E-state index >= 15 is 0 Å². The van der Waals surface area contributed by atoms with Gasteiger partial charge in [-0.25, -0.2) is 9.97 Å². The largest absolute Gasteiger partial charge is 0.494 e. The Morgan fingerprint density at radius 2 is 1.71 bits per heavy atom. The molecule has 9 rings (SSSR count). The fraction of sp³-hybridized carbons (Fsp3) is 0.417. The van der Waals surface area contributed by atoms with Crippen LogP contribution in [0.4, 0.5) is 28.8 Å². The van der Waals surface area contributed by atoms with Crippen LogP contribution in [0.15, 0.2) is 71.6 Å². The standard InChI is InChI=1S/C48H57BrN11O4P/c1-6-31-26-38(54-48-50-28-35(49)46(56-48)53-37-13-12-36-34(11-10-30(2)52-36)45(37)65(4,5)63)42(64-3)27-41(31)59-20-17-33(18-21-59)58-24-22-57(23-25-58)19-16-32-8-7-9-39-44(32)51-29-60(39)40-14-15-43(61)55-47(40)62/h7-13,26-29,33,40H,6,14-25H2,1-5H3,(H,55,61,62)(H2,50,53,54,56). The molecule has 65 heavy (non-hydrogen) atoms. The maximum Gasteiger partial charge on any atom is 0.249 e. The van der Waals surface area contributed by atoms with Gasteiger partial charge in [0.15, 0.2) is 0 Å². The van der Waals surface area contributed by atoms with Crippen molar-refractivity contribution in [3.63, 3.8) is 0 Å². The lowest BCUT2D eigenvalue weighted by Crippen LogP contribution is -2.53. The summed E-state index contributed by atoms with van der Waals surface area (Å²) in [6, 6.07) is 18.5. The number of halogens is 1. The van der Waals surface area contributed by atoms with Crippen LogP contribution in [-0.2, 0) is 27.0 Å². The highest BCUT2D eigenvalue weighted by molar-refractivity contribution is 9.10. The molecule has 6 aromatic rings. The first-order valence-electron chi connectivity index (χ1n) is 22.6. The Labute approximate surface area is 388 Å². The molecule has 3 fully saturated rings. The third-order valence-electron chi connectivity index (χ3n) is 13.2. The van der Waals surface area contributed by atoms with Crippen LogP contribution in [0.25, 0.3) is 21.9 Å². The van der Waals surface area contributed by atoms with Gasteiger partial charge in [0.05, 0.1) is 45.8 Å². The maximum atomic E-state index is 13.7. The van der Waals surface area contributed by atoms with Crippen LogP contribution in [-0.4, -0.2) is 118 Å². The number of fused-ring (bicyclic) bond motifs is 2. The predicted octanol–water partition coefficient (Wildman–Crippen LogP) is 7.56. The summed E-state index contributed by atoms with van der Waals surface area (Å²) >= 11 is 3.63. The first kappa shape index (κ1) is 44.8. The third kappa shape index (κ3) is 9.49. The maximum absolute atomic E-state index is 13.7. The van der Waals surface area contributed by atoms with Crippen molar-refractivity contribution < 1.29 is 18.9 Å². The Kier molecular flexibility index (Phi) is 13.0. The molecule has 0 spiro atoms. The van der Waals surface area contributed by atoms with E-state index in [-0.39, 0.29) is 11.8 Å². The topological polar surface area (TPSA) is 163 Å². The molecule has 17 heteroatoms. The summed E-state index contributed by atoms with van der Waals surface area (Å²) in [5.74, 6) is 1.19. The molecule has 3 aliphatic heterocycles. The van der Waals surface area contributed by atoms with E-state index in [1.54, 1.807) is 33.0 Å². The van der Waals surface area contributed by atoms with Gasteiger partial charge in [-0.05, 0) is 110 Å². The molecule has 15 nitrogen and oxygen atoms in total. The summed E-state index contributed by atoms with van der Waals surface area (Å²) in [4.78, 5) is 50.9. The van der Waals surface area contributed by atoms with Gasteiger partial charge in [-0.2, -0.15) is 4.98 Å². The van der Waals surface area contributed by atoms with E-state index in [1.807, 2.05) is 47.9 Å². The minimum absolute atomic E-state index is 0.210. The van der Waals surface area contributed by atoms with Crippen LogP contribution >= 0.6 is 23.1 Å². The zero-order valence-corrected chi connectivity index (χ0v) is 40.2. The van der Waals surface area contributed by atoms with Crippen molar-refractivity contribution in [2.45, 2.75) is 64.5 Å². The number of rotatable bonds is 13. The van der Waals surface area contributed by atoms with Crippen LogP contribution in [0.2, 0.25) is 0 Å². The number of methoxy groups -OCH3 is 1. The number of benzene rings is 3. The molecule has 2 amide bonds. The first-order chi connectivity index (χ1) is 31.4. The van der Waals surface area contributed by atoms with Gasteiger partial charge < -0.3 is 34.3 Å². The molecular formula is C48H57BrN11O4P. The summed E-state index contributed by atoms with van der Waals surface area (Å²) in [5, 5.41) is 10.9. The van der Waals surface area contributed by atoms with Crippen molar-refractivity contribution in [1.29, 1.82) is 0 Å². The van der Waals surface area contributed by atoms with Crippen LogP contribution in [0, 0.1) is 6.92 Å². The highest BCUT2D eigenvalue weighted by Crippen LogP contribution is 2.42. The van der Waals surface area contributed by atoms with E-state index in [0.29, 0.717) is 46.6 Å². The average Bonchev–Trinajstić information content (AvgIpc) is 3.73. The van der Waals surface area contributed by atoms with E-state index in [9.17, 15) is 14.2 Å². The van der Waals surface area contributed by atoms with Crippen LogP contribution in [0.5, 0.6) is 5.75 Å². The Bertz CT molecular complexity index is 2810. The number of para-hydroxylation sites is 1. The van der Waals surface area contributed by atoms with Crippen molar-refractivity contribution >= 4 is 91.0 Å². The summed E-state index contributed by atoms with van der Waals surface area (Å²) in [6.07, 6.45) is 8.24. The van der Waals surface area contributed by atoms with Gasteiger partial charge in [-0.15, -0.1) is 0 Å². The normalized spacial score (nSPS) is 18.1. The minimum Gasteiger partial charge on any atom is -0.494 e. The molecule has 1 atom stereocenters. The van der Waals surface area contributed by atoms with Crippen molar-refractivity contribution in [3.05, 3.63) is 88.4 Å². The number of pyridine rings is 1. The molecule has 1 unspecified atom stereocenters. The number of imidazole rings is 1. The number of ether oxygens (including phenoxy) is 1. The molecule has 3 saturated heterocycles. The van der Waals surface area contributed by atoms with E-state index in [0.717, 1.165) is 110 Å². The third-order valence-corrected chi connectivity index (χ3v) is 15.3. The van der Waals surface area contributed by atoms with E-state index in [4.69, 9.17) is 14.7 Å². The quantitative estimate of drug-likeness (QED) is 0.0769. The second-order valence-electron chi connectivity index (χ2n) is 17.8. The zero-order valence-electron chi connectivity index (χ0n) is 37.7. The zero-order chi connectivity index (χ0) is 45.4. The number of nitrogens with one attached hydrogen (secondary N) is 3. The molecular weight excluding hydrogens is 905 g/mol. The molecule has 340 valence electrons. The summed E-state index contributed by atoms with van der Waals surface area (Å²) < 4.78 is 22.2. The molecule has 0 aliphatic carbocycles. The number of piperazine rings is 1. The molecule has 3 aliphatic rings. The molecule has 0 saturated carbocycles. The minimum atomic E-state index is -2.72. The number of piperidine rings is 2. The smallest absolute Gasteiger partial charge is 0.249 e. The van der Waals surface area contributed by atoms with Gasteiger partial charge in [0, 0.05) is 92.6 Å². The molecule has 3 N–H and O–H groups in total. The number of carbonyl (C=O) groups excluding carboxylic acids is 2. The molecule has 6 heterocycles. The summed E-state index contributed by atoms with van der Waals surface area (Å²) in [7, 11) is -1.03. The number of aryl methyl sites for hydroxylation is 2. The number of hydrogen-bond acceptors (Lipinski definition) is 13. The van der Waals surface area contributed by atoms with Gasteiger partial charge >= 0.3 is 0 Å². The molecule has 3 aromatic carbocycles. The Morgan fingerprint density at radius 3 is 2.45 bits per heavy atom. The van der Waals surface area contributed by atoms with Gasteiger partial charge in [0.1, 0.15) is 24.8 Å². The van der Waals surface area contributed by atoms with Gasteiger partial charge in [-0.3, -0.25) is 24.8 Å². The highest BCUT2D eigenvalue weighted by atomic mass is 79.9. The Morgan fingerprint density at radius 1 is 0.908 bits per heavy atom. The van der Waals surface area contributed by atoms with Gasteiger partial charge in [0.25, 0.3) is 0 Å². The number of nitrogens with zero attached hydrogens (tertiary/aromatic N) is 8. The molecule has 0 radical (unpaired) electrons. The van der Waals surface area contributed by atoms with Crippen LogP contribution < -0.4 is 30.9 Å². The first-order valence-corrected chi connectivity index (χ1v) is 26.0. The van der Waals surface area contributed by atoms with E-state index in [2.05, 4.69) is 81.7 Å². The van der Waals surface area contributed by atoms with Gasteiger partial charge in [0.2, 0.25) is 17.8 Å². The molecule has 3 aromatic heterocycles. The van der Waals surface area contributed by atoms with Gasteiger partial charge in [-0.1, -0.05) is 25.1 Å². The van der Waals surface area contributed by atoms with Crippen molar-refractivity contribution in [2.75, 3.05) is 81.8 Å². The fourth-order valence-electron chi connectivity index (χ4n) is 9.81. The van der Waals surface area contributed by atoms with Crippen LogP contribution in [0.3, 0.4) is 0 Å². The lowest BCUT2D eigenvalue weighted by atomic mass is 9.99. The number of carbonyl (C=O) groups is 2. The number of imide groups is 1. The van der Waals surface area contributed by atoms with E-state index < -0.39 is 13.2 Å². The fourth-order valence-corrected chi connectivity index (χ4v) is 11.6. The van der Waals surface area contributed by atoms with Crippen molar-refractivity contribution in [3.8, 4) is 5.75 Å². The van der Waals surface area contributed by atoms with Crippen molar-refractivity contribution in [2.24, 2.45) is 0 Å². The number of amides is 2. The Balaban J connectivity index is 0.811. The Hall–Kier alpha value is -5.41. The van der Waals surface area contributed by atoms with E-state index in [1.165, 1.54) is 16.8 Å². The SMILES string of the molecule is CCc1cc(Nc2ncc(Br)c(Nc3ccc4nc(C)ccc4c3P(C)(C)=O)n2)c(OC)cc1N1CCC(N2CCN(CCc3cccc4c3ncn4C3CCC(=O)NC3=O)CC2)CC1. The number of hydrogen-bond donors (Lipinski definition) is 3. The van der Waals surface area contributed by atoms with Crippen molar-refractivity contribution in [1.82, 2.24) is 39.6 Å². The highest BCUT2D eigenvalue weighted by Gasteiger charge is 2.31. The molecule has 0 bridgehead atoms. The second kappa shape index (κ2) is 18.8.